The lowest BCUT2D eigenvalue weighted by molar-refractivity contribution is 0.201. The summed E-state index contributed by atoms with van der Waals surface area (Å²) in [6.45, 7) is 9.81. The largest absolute Gasteiger partial charge is 0.327 e. The third kappa shape index (κ3) is 3.89. The number of aromatic nitrogens is 2. The maximum atomic E-state index is 6.54. The predicted octanol–water partition coefficient (Wildman–Crippen LogP) is 4.31. The van der Waals surface area contributed by atoms with Crippen LogP contribution in [0.1, 0.15) is 57.8 Å². The summed E-state index contributed by atoms with van der Waals surface area (Å²) in [6.07, 6.45) is 6.22. The number of halogens is 1. The maximum absolute atomic E-state index is 6.54. The molecule has 1 aliphatic rings. The Hall–Kier alpha value is -0.350. The molecule has 0 saturated heterocycles. The maximum Gasteiger partial charge on any atom is 0.0738 e. The van der Waals surface area contributed by atoms with Gasteiger partial charge in [-0.05, 0) is 73.2 Å². The van der Waals surface area contributed by atoms with Crippen LogP contribution in [-0.2, 0) is 13.0 Å². The van der Waals surface area contributed by atoms with Crippen molar-refractivity contribution in [3.63, 3.8) is 0 Å². The molecule has 3 nitrogen and oxygen atoms in total. The Labute approximate surface area is 137 Å². The van der Waals surface area contributed by atoms with Crippen molar-refractivity contribution in [2.24, 2.45) is 23.5 Å². The van der Waals surface area contributed by atoms with Gasteiger partial charge in [0.2, 0.25) is 0 Å². The molecule has 0 radical (unpaired) electrons. The molecule has 2 rings (SSSR count). The third-order valence-corrected chi connectivity index (χ3v) is 6.28. The molecule has 1 aromatic heterocycles. The van der Waals surface area contributed by atoms with Crippen LogP contribution in [0.2, 0.25) is 0 Å². The molecule has 21 heavy (non-hydrogen) atoms. The van der Waals surface area contributed by atoms with Gasteiger partial charge in [-0.15, -0.1) is 0 Å². The Morgan fingerprint density at radius 3 is 2.33 bits per heavy atom. The van der Waals surface area contributed by atoms with Crippen molar-refractivity contribution in [3.05, 3.63) is 15.9 Å². The van der Waals surface area contributed by atoms with E-state index in [4.69, 9.17) is 5.73 Å². The van der Waals surface area contributed by atoms with Gasteiger partial charge in [-0.25, -0.2) is 0 Å². The van der Waals surface area contributed by atoms with E-state index in [-0.39, 0.29) is 6.04 Å². The summed E-state index contributed by atoms with van der Waals surface area (Å²) >= 11 is 3.68. The third-order valence-electron chi connectivity index (χ3n) is 5.25. The van der Waals surface area contributed by atoms with Crippen molar-refractivity contribution in [1.29, 1.82) is 0 Å². The quantitative estimate of drug-likeness (QED) is 0.855. The summed E-state index contributed by atoms with van der Waals surface area (Å²) in [5.41, 5.74) is 8.89. The van der Waals surface area contributed by atoms with E-state index < -0.39 is 0 Å². The van der Waals surface area contributed by atoms with Crippen molar-refractivity contribution in [2.45, 2.75) is 72.4 Å². The second-order valence-corrected chi connectivity index (χ2v) is 7.74. The molecule has 0 bridgehead atoms. The Morgan fingerprint density at radius 1 is 1.24 bits per heavy atom. The van der Waals surface area contributed by atoms with Gasteiger partial charge in [0, 0.05) is 19.0 Å². The van der Waals surface area contributed by atoms with E-state index in [0.717, 1.165) is 35.0 Å². The van der Waals surface area contributed by atoms with E-state index in [9.17, 15) is 0 Å². The molecule has 1 atom stereocenters. The normalized spacial score (nSPS) is 24.5. The van der Waals surface area contributed by atoms with Gasteiger partial charge in [-0.1, -0.05) is 13.8 Å². The lowest BCUT2D eigenvalue weighted by Gasteiger charge is -2.34. The van der Waals surface area contributed by atoms with Crippen LogP contribution in [-0.4, -0.2) is 15.8 Å². The molecule has 0 spiro atoms. The second kappa shape index (κ2) is 7.28. The SMILES string of the molecule is CCn1nc(C)c(Br)c1CC(N)C1CCC(C(C)C)CC1. The Morgan fingerprint density at radius 2 is 1.81 bits per heavy atom. The average Bonchev–Trinajstić information content (AvgIpc) is 2.75. The number of nitrogens with zero attached hydrogens (tertiary/aromatic N) is 2. The highest BCUT2D eigenvalue weighted by Gasteiger charge is 2.28. The number of aryl methyl sites for hydroxylation is 2. The summed E-state index contributed by atoms with van der Waals surface area (Å²) in [6, 6.07) is 0.260. The summed E-state index contributed by atoms with van der Waals surface area (Å²) in [5, 5.41) is 4.58. The molecule has 4 heteroatoms. The van der Waals surface area contributed by atoms with Gasteiger partial charge in [-0.3, -0.25) is 4.68 Å². The fourth-order valence-corrected chi connectivity index (χ4v) is 4.14. The van der Waals surface area contributed by atoms with Crippen LogP contribution in [0, 0.1) is 24.7 Å². The van der Waals surface area contributed by atoms with E-state index in [2.05, 4.69) is 53.4 Å². The Kier molecular flexibility index (Phi) is 5.89. The topological polar surface area (TPSA) is 43.8 Å². The monoisotopic (exact) mass is 355 g/mol. The van der Waals surface area contributed by atoms with Gasteiger partial charge in [0.15, 0.2) is 0 Å². The molecule has 1 aromatic rings. The fraction of sp³-hybridized carbons (Fsp3) is 0.824. The average molecular weight is 356 g/mol. The molecular formula is C17H30BrN3. The van der Waals surface area contributed by atoms with Crippen molar-refractivity contribution >= 4 is 15.9 Å². The van der Waals surface area contributed by atoms with E-state index in [1.165, 1.54) is 31.4 Å². The summed E-state index contributed by atoms with van der Waals surface area (Å²) < 4.78 is 3.25. The zero-order chi connectivity index (χ0) is 15.6. The van der Waals surface area contributed by atoms with Crippen LogP contribution in [0.3, 0.4) is 0 Å². The first-order valence-electron chi connectivity index (χ1n) is 8.41. The van der Waals surface area contributed by atoms with Crippen molar-refractivity contribution in [3.8, 4) is 0 Å². The highest BCUT2D eigenvalue weighted by atomic mass is 79.9. The smallest absolute Gasteiger partial charge is 0.0738 e. The van der Waals surface area contributed by atoms with Gasteiger partial charge in [-0.2, -0.15) is 5.10 Å². The number of hydrogen-bond acceptors (Lipinski definition) is 2. The van der Waals surface area contributed by atoms with E-state index >= 15 is 0 Å². The second-order valence-electron chi connectivity index (χ2n) is 6.95. The molecule has 2 N–H and O–H groups in total. The first kappa shape index (κ1) is 17.0. The molecule has 1 fully saturated rings. The molecule has 0 aliphatic heterocycles. The minimum absolute atomic E-state index is 0.260. The van der Waals surface area contributed by atoms with Gasteiger partial charge in [0.1, 0.15) is 0 Å². The van der Waals surface area contributed by atoms with E-state index in [1.54, 1.807) is 0 Å². The number of rotatable bonds is 5. The first-order valence-corrected chi connectivity index (χ1v) is 9.20. The Balaban J connectivity index is 1.98. The van der Waals surface area contributed by atoms with E-state index in [0.29, 0.717) is 5.92 Å². The summed E-state index contributed by atoms with van der Waals surface area (Å²) in [4.78, 5) is 0. The van der Waals surface area contributed by atoms with Crippen molar-refractivity contribution < 1.29 is 0 Å². The van der Waals surface area contributed by atoms with Crippen LogP contribution in [0.15, 0.2) is 4.47 Å². The molecule has 1 saturated carbocycles. The minimum Gasteiger partial charge on any atom is -0.327 e. The molecule has 1 unspecified atom stereocenters. The number of nitrogens with two attached hydrogens (primary N) is 1. The molecular weight excluding hydrogens is 326 g/mol. The van der Waals surface area contributed by atoms with Crippen molar-refractivity contribution in [2.75, 3.05) is 0 Å². The first-order chi connectivity index (χ1) is 9.93. The lowest BCUT2D eigenvalue weighted by atomic mass is 9.74. The minimum atomic E-state index is 0.260. The van der Waals surface area contributed by atoms with Crippen LogP contribution in [0.4, 0.5) is 0 Å². The van der Waals surface area contributed by atoms with Gasteiger partial charge in [0.05, 0.1) is 15.9 Å². The van der Waals surface area contributed by atoms with Crippen LogP contribution < -0.4 is 5.73 Å². The summed E-state index contributed by atoms with van der Waals surface area (Å²) in [7, 11) is 0. The molecule has 0 amide bonds. The fourth-order valence-electron chi connectivity index (χ4n) is 3.69. The van der Waals surface area contributed by atoms with Crippen LogP contribution >= 0.6 is 15.9 Å². The number of hydrogen-bond donors (Lipinski definition) is 1. The Bertz CT molecular complexity index is 459. The van der Waals surface area contributed by atoms with Crippen LogP contribution in [0.5, 0.6) is 0 Å². The zero-order valence-electron chi connectivity index (χ0n) is 13.9. The molecule has 0 aromatic carbocycles. The highest BCUT2D eigenvalue weighted by molar-refractivity contribution is 9.10. The van der Waals surface area contributed by atoms with Gasteiger partial charge >= 0.3 is 0 Å². The van der Waals surface area contributed by atoms with Crippen molar-refractivity contribution in [1.82, 2.24) is 9.78 Å². The molecule has 1 aliphatic carbocycles. The molecule has 1 heterocycles. The highest BCUT2D eigenvalue weighted by Crippen LogP contribution is 2.35. The van der Waals surface area contributed by atoms with E-state index in [1.807, 2.05) is 0 Å². The molecule has 120 valence electrons. The van der Waals surface area contributed by atoms with Gasteiger partial charge < -0.3 is 5.73 Å². The summed E-state index contributed by atoms with van der Waals surface area (Å²) in [5.74, 6) is 2.40. The zero-order valence-corrected chi connectivity index (χ0v) is 15.5. The van der Waals surface area contributed by atoms with Gasteiger partial charge in [0.25, 0.3) is 0 Å². The lowest BCUT2D eigenvalue weighted by Crippen LogP contribution is -2.36. The predicted molar refractivity (Wildman–Crippen MR) is 92.3 cm³/mol. The van der Waals surface area contributed by atoms with Crippen LogP contribution in [0.25, 0.3) is 0 Å². The standard InChI is InChI=1S/C17H30BrN3/c1-5-21-16(17(18)12(4)20-21)10-15(19)14-8-6-13(7-9-14)11(2)3/h11,13-15H,5-10,19H2,1-4H3.